The number of rotatable bonds is 4. The predicted octanol–water partition coefficient (Wildman–Crippen LogP) is 1.60. The van der Waals surface area contributed by atoms with Crippen LogP contribution in [0.15, 0.2) is 18.2 Å². The quantitative estimate of drug-likeness (QED) is 0.642. The summed E-state index contributed by atoms with van der Waals surface area (Å²) in [6.07, 6.45) is 0.861. The van der Waals surface area contributed by atoms with Gasteiger partial charge in [0.2, 0.25) is 0 Å². The summed E-state index contributed by atoms with van der Waals surface area (Å²) in [4.78, 5) is 0. The molecule has 0 aliphatic carbocycles. The molecule has 1 rings (SSSR count). The Bertz CT molecular complexity index is 545. The lowest BCUT2D eigenvalue weighted by atomic mass is 10.1. The maximum atomic E-state index is 10.7. The number of benzene rings is 1. The Labute approximate surface area is 120 Å². The van der Waals surface area contributed by atoms with Crippen LogP contribution in [-0.4, -0.2) is 39.2 Å². The molecular weight excluding hydrogens is 315 g/mol. The van der Waals surface area contributed by atoms with Gasteiger partial charge in [-0.15, -0.1) is 0 Å². The number of ether oxygens (including phenoxy) is 2. The van der Waals surface area contributed by atoms with Crippen molar-refractivity contribution in [2.75, 3.05) is 20.8 Å². The molecule has 1 aromatic rings. The first-order valence-corrected chi connectivity index (χ1v) is 6.95. The number of halogens is 3. The van der Waals surface area contributed by atoms with Crippen LogP contribution in [0, 0.1) is 0 Å². The SMILES string of the molecule is COc1ccc(CCN)cc1OC.O=S(=O)(O)C(F)(F)F. The molecule has 0 spiro atoms. The van der Waals surface area contributed by atoms with Crippen molar-refractivity contribution in [1.82, 2.24) is 0 Å². The van der Waals surface area contributed by atoms with Gasteiger partial charge in [-0.25, -0.2) is 0 Å². The van der Waals surface area contributed by atoms with Crippen LogP contribution in [0.1, 0.15) is 5.56 Å². The molecule has 10 heteroatoms. The third-order valence-corrected chi connectivity index (χ3v) is 2.76. The van der Waals surface area contributed by atoms with Gasteiger partial charge in [-0.2, -0.15) is 21.6 Å². The zero-order valence-corrected chi connectivity index (χ0v) is 12.2. The minimum Gasteiger partial charge on any atom is -0.493 e. The molecular formula is C11H16F3NO5S. The summed E-state index contributed by atoms with van der Waals surface area (Å²) in [7, 11) is -2.59. The van der Waals surface area contributed by atoms with Gasteiger partial charge >= 0.3 is 15.6 Å². The molecule has 0 amide bonds. The van der Waals surface area contributed by atoms with Gasteiger partial charge in [-0.1, -0.05) is 6.07 Å². The third kappa shape index (κ3) is 6.65. The van der Waals surface area contributed by atoms with Gasteiger partial charge in [-0.05, 0) is 30.7 Å². The predicted molar refractivity (Wildman–Crippen MR) is 69.9 cm³/mol. The van der Waals surface area contributed by atoms with E-state index in [1.54, 1.807) is 14.2 Å². The van der Waals surface area contributed by atoms with E-state index < -0.39 is 15.6 Å². The van der Waals surface area contributed by atoms with Gasteiger partial charge in [0.25, 0.3) is 0 Å². The smallest absolute Gasteiger partial charge is 0.493 e. The first kappa shape index (κ1) is 19.5. The van der Waals surface area contributed by atoms with Crippen LogP contribution in [-0.2, 0) is 16.5 Å². The van der Waals surface area contributed by atoms with Gasteiger partial charge in [-0.3, -0.25) is 4.55 Å². The second-order valence-electron chi connectivity index (χ2n) is 3.65. The lowest BCUT2D eigenvalue weighted by molar-refractivity contribution is -0.0510. The molecule has 3 N–H and O–H groups in total. The van der Waals surface area contributed by atoms with E-state index in [2.05, 4.69) is 0 Å². The molecule has 0 radical (unpaired) electrons. The average molecular weight is 331 g/mol. The first-order valence-electron chi connectivity index (χ1n) is 5.51. The van der Waals surface area contributed by atoms with Gasteiger partial charge in [0.1, 0.15) is 0 Å². The van der Waals surface area contributed by atoms with E-state index in [9.17, 15) is 13.2 Å². The highest BCUT2D eigenvalue weighted by Gasteiger charge is 2.44. The maximum Gasteiger partial charge on any atom is 0.522 e. The van der Waals surface area contributed by atoms with Crippen LogP contribution in [0.3, 0.4) is 0 Å². The Hall–Kier alpha value is -1.52. The van der Waals surface area contributed by atoms with Crippen LogP contribution < -0.4 is 15.2 Å². The highest BCUT2D eigenvalue weighted by molar-refractivity contribution is 7.86. The number of nitrogens with two attached hydrogens (primary N) is 1. The number of alkyl halides is 3. The van der Waals surface area contributed by atoms with Crippen molar-refractivity contribution >= 4 is 10.1 Å². The molecule has 1 aromatic carbocycles. The molecule has 0 unspecified atom stereocenters. The van der Waals surface area contributed by atoms with Crippen LogP contribution in [0.25, 0.3) is 0 Å². The average Bonchev–Trinajstić information content (AvgIpc) is 2.37. The summed E-state index contributed by atoms with van der Waals surface area (Å²) in [5.41, 5.74) is 1.08. The number of hydrogen-bond donors (Lipinski definition) is 2. The Morgan fingerprint density at radius 1 is 1.19 bits per heavy atom. The first-order chi connectivity index (χ1) is 9.56. The molecule has 0 aliphatic rings. The summed E-state index contributed by atoms with van der Waals surface area (Å²) < 4.78 is 67.8. The van der Waals surface area contributed by atoms with Crippen molar-refractivity contribution in [1.29, 1.82) is 0 Å². The zero-order valence-electron chi connectivity index (χ0n) is 11.3. The van der Waals surface area contributed by atoms with Crippen molar-refractivity contribution in [2.24, 2.45) is 5.73 Å². The zero-order chi connectivity index (χ0) is 16.7. The molecule has 0 atom stereocenters. The summed E-state index contributed by atoms with van der Waals surface area (Å²) in [5, 5.41) is 0. The van der Waals surface area contributed by atoms with Crippen molar-refractivity contribution in [3.8, 4) is 11.5 Å². The largest absolute Gasteiger partial charge is 0.522 e. The summed E-state index contributed by atoms with van der Waals surface area (Å²) >= 11 is 0. The van der Waals surface area contributed by atoms with Crippen LogP contribution in [0.4, 0.5) is 13.2 Å². The summed E-state index contributed by atoms with van der Waals surface area (Å²) in [6.45, 7) is 0.648. The second kappa shape index (κ2) is 8.05. The lowest BCUT2D eigenvalue weighted by Gasteiger charge is -2.08. The van der Waals surface area contributed by atoms with Crippen molar-refractivity contribution < 1.29 is 35.6 Å². The van der Waals surface area contributed by atoms with Gasteiger partial charge < -0.3 is 15.2 Å². The van der Waals surface area contributed by atoms with Gasteiger partial charge in [0, 0.05) is 0 Å². The number of hydrogen-bond acceptors (Lipinski definition) is 5. The normalized spacial score (nSPS) is 11.4. The van der Waals surface area contributed by atoms with E-state index in [1.165, 1.54) is 5.56 Å². The minimum absolute atomic E-state index is 0.648. The minimum atomic E-state index is -5.84. The fourth-order valence-electron chi connectivity index (χ4n) is 1.20. The van der Waals surface area contributed by atoms with E-state index in [0.29, 0.717) is 6.54 Å². The molecule has 0 aromatic heterocycles. The van der Waals surface area contributed by atoms with E-state index in [1.807, 2.05) is 18.2 Å². The monoisotopic (exact) mass is 331 g/mol. The summed E-state index contributed by atoms with van der Waals surface area (Å²) in [6, 6.07) is 5.84. The topological polar surface area (TPSA) is 98.9 Å². The molecule has 6 nitrogen and oxygen atoms in total. The van der Waals surface area contributed by atoms with Gasteiger partial charge in [0.15, 0.2) is 11.5 Å². The number of methoxy groups -OCH3 is 2. The highest BCUT2D eigenvalue weighted by Crippen LogP contribution is 2.27. The fourth-order valence-corrected chi connectivity index (χ4v) is 1.20. The second-order valence-corrected chi connectivity index (χ2v) is 5.06. The molecule has 21 heavy (non-hydrogen) atoms. The third-order valence-electron chi connectivity index (χ3n) is 2.17. The molecule has 0 heterocycles. The maximum absolute atomic E-state index is 10.7. The molecule has 0 fully saturated rings. The van der Waals surface area contributed by atoms with Crippen LogP contribution in [0.2, 0.25) is 0 Å². The Balaban J connectivity index is 0.000000433. The van der Waals surface area contributed by atoms with Gasteiger partial charge in [0.05, 0.1) is 14.2 Å². The Kier molecular flexibility index (Phi) is 7.47. The lowest BCUT2D eigenvalue weighted by Crippen LogP contribution is -2.21. The van der Waals surface area contributed by atoms with E-state index in [-0.39, 0.29) is 0 Å². The molecule has 0 bridgehead atoms. The Morgan fingerprint density at radius 3 is 2.00 bits per heavy atom. The molecule has 0 aliphatic heterocycles. The van der Waals surface area contributed by atoms with Crippen LogP contribution in [0.5, 0.6) is 11.5 Å². The Morgan fingerprint density at radius 2 is 1.67 bits per heavy atom. The van der Waals surface area contributed by atoms with Crippen LogP contribution >= 0.6 is 0 Å². The molecule has 122 valence electrons. The van der Waals surface area contributed by atoms with Crippen molar-refractivity contribution in [3.63, 3.8) is 0 Å². The fraction of sp³-hybridized carbons (Fsp3) is 0.455. The van der Waals surface area contributed by atoms with E-state index in [4.69, 9.17) is 28.2 Å². The van der Waals surface area contributed by atoms with E-state index >= 15 is 0 Å². The molecule has 0 saturated carbocycles. The molecule has 0 saturated heterocycles. The van der Waals surface area contributed by atoms with Crippen molar-refractivity contribution in [3.05, 3.63) is 23.8 Å². The summed E-state index contributed by atoms with van der Waals surface area (Å²) in [5.74, 6) is 1.51. The van der Waals surface area contributed by atoms with E-state index in [0.717, 1.165) is 17.9 Å². The standard InChI is InChI=1S/C10H15NO2.CHF3O3S/c1-12-9-4-3-8(5-6-11)7-10(9)13-2;2-1(3,4)8(5,6)7/h3-4,7H,5-6,11H2,1-2H3;(H,5,6,7). The highest BCUT2D eigenvalue weighted by atomic mass is 32.2. The van der Waals surface area contributed by atoms with Crippen molar-refractivity contribution in [2.45, 2.75) is 11.9 Å².